The Hall–Kier alpha value is -4.55. The Kier molecular flexibility index (Phi) is 15.1. The van der Waals surface area contributed by atoms with E-state index in [4.69, 9.17) is 10.5 Å². The SMILES string of the molecule is C=C(N)CC(NC(=O)C(C)NC(=O)C(C)NC(=O)C(CCCCNC(=O)OCc1ccccc1)NC(=C)C)C(=O)O. The molecule has 0 aliphatic heterocycles. The number of nitrogens with one attached hydrogen (secondary N) is 5. The maximum Gasteiger partial charge on any atom is 0.407 e. The van der Waals surface area contributed by atoms with Gasteiger partial charge in [-0.05, 0) is 45.6 Å². The fourth-order valence-corrected chi connectivity index (χ4v) is 3.55. The number of carbonyl (C=O) groups excluding carboxylic acids is 4. The Labute approximate surface area is 240 Å². The highest BCUT2D eigenvalue weighted by Crippen LogP contribution is 2.05. The van der Waals surface area contributed by atoms with Crippen molar-refractivity contribution in [1.29, 1.82) is 0 Å². The van der Waals surface area contributed by atoms with Gasteiger partial charge in [0.05, 0.1) is 0 Å². The molecule has 4 amide bonds. The van der Waals surface area contributed by atoms with Crippen molar-refractivity contribution in [2.75, 3.05) is 6.54 Å². The van der Waals surface area contributed by atoms with Gasteiger partial charge in [-0.2, -0.15) is 0 Å². The summed E-state index contributed by atoms with van der Waals surface area (Å²) in [5.74, 6) is -3.11. The van der Waals surface area contributed by atoms with E-state index in [-0.39, 0.29) is 18.7 Å². The fraction of sp³-hybridized carbons (Fsp3) is 0.464. The Balaban J connectivity index is 2.49. The topological polar surface area (TPSA) is 201 Å². The largest absolute Gasteiger partial charge is 0.480 e. The number of aliphatic carboxylic acids is 1. The number of carbonyl (C=O) groups is 5. The van der Waals surface area contributed by atoms with Crippen molar-refractivity contribution in [3.63, 3.8) is 0 Å². The minimum atomic E-state index is -1.29. The number of unbranched alkanes of at least 4 members (excludes halogenated alkanes) is 1. The molecule has 226 valence electrons. The zero-order valence-electron chi connectivity index (χ0n) is 23.8. The lowest BCUT2D eigenvalue weighted by molar-refractivity contribution is -0.142. The van der Waals surface area contributed by atoms with E-state index in [1.54, 1.807) is 6.92 Å². The van der Waals surface area contributed by atoms with Crippen molar-refractivity contribution in [2.45, 2.75) is 77.2 Å². The van der Waals surface area contributed by atoms with Crippen molar-refractivity contribution < 1.29 is 33.8 Å². The Morgan fingerprint density at radius 1 is 0.878 bits per heavy atom. The van der Waals surface area contributed by atoms with Crippen molar-refractivity contribution in [2.24, 2.45) is 5.73 Å². The number of amides is 4. The van der Waals surface area contributed by atoms with Gasteiger partial charge in [-0.3, -0.25) is 14.4 Å². The number of hydrogen-bond acceptors (Lipinski definition) is 8. The van der Waals surface area contributed by atoms with E-state index >= 15 is 0 Å². The molecule has 8 N–H and O–H groups in total. The minimum absolute atomic E-state index is 0.0845. The first-order chi connectivity index (χ1) is 19.3. The summed E-state index contributed by atoms with van der Waals surface area (Å²) in [5, 5.41) is 22.2. The van der Waals surface area contributed by atoms with Crippen molar-refractivity contribution in [1.82, 2.24) is 26.6 Å². The van der Waals surface area contributed by atoms with Crippen molar-refractivity contribution in [3.05, 3.63) is 60.4 Å². The highest BCUT2D eigenvalue weighted by Gasteiger charge is 2.27. The zero-order valence-corrected chi connectivity index (χ0v) is 23.8. The molecule has 13 heteroatoms. The second-order valence-corrected chi connectivity index (χ2v) is 9.68. The molecule has 0 radical (unpaired) electrons. The first kappa shape index (κ1) is 34.5. The number of ether oxygens (including phenoxy) is 1. The Bertz CT molecular complexity index is 1080. The van der Waals surface area contributed by atoms with Crippen LogP contribution in [0, 0.1) is 0 Å². The minimum Gasteiger partial charge on any atom is -0.480 e. The van der Waals surface area contributed by atoms with Gasteiger partial charge < -0.3 is 42.2 Å². The zero-order chi connectivity index (χ0) is 30.9. The van der Waals surface area contributed by atoms with Gasteiger partial charge in [0.15, 0.2) is 0 Å². The number of allylic oxidation sites excluding steroid dienone is 1. The van der Waals surface area contributed by atoms with E-state index in [2.05, 4.69) is 39.7 Å². The predicted octanol–water partition coefficient (Wildman–Crippen LogP) is 1.02. The quantitative estimate of drug-likeness (QED) is 0.125. The molecule has 41 heavy (non-hydrogen) atoms. The van der Waals surface area contributed by atoms with Gasteiger partial charge in [0, 0.05) is 24.4 Å². The van der Waals surface area contributed by atoms with Crippen molar-refractivity contribution in [3.8, 4) is 0 Å². The highest BCUT2D eigenvalue weighted by atomic mass is 16.5. The molecule has 0 fully saturated rings. The van der Waals surface area contributed by atoms with Crippen LogP contribution in [0.5, 0.6) is 0 Å². The van der Waals surface area contributed by atoms with E-state index in [1.165, 1.54) is 13.8 Å². The maximum atomic E-state index is 12.9. The van der Waals surface area contributed by atoms with Gasteiger partial charge >= 0.3 is 12.1 Å². The van der Waals surface area contributed by atoms with Gasteiger partial charge in [-0.15, -0.1) is 0 Å². The number of hydrogen-bond donors (Lipinski definition) is 7. The van der Waals surface area contributed by atoms with Gasteiger partial charge in [-0.25, -0.2) is 9.59 Å². The molecule has 0 heterocycles. The fourth-order valence-electron chi connectivity index (χ4n) is 3.55. The summed E-state index contributed by atoms with van der Waals surface area (Å²) in [6, 6.07) is 5.25. The first-order valence-electron chi connectivity index (χ1n) is 13.2. The van der Waals surface area contributed by atoms with Gasteiger partial charge in [0.2, 0.25) is 17.7 Å². The summed E-state index contributed by atoms with van der Waals surface area (Å²) < 4.78 is 5.16. The van der Waals surface area contributed by atoms with Crippen LogP contribution in [0.2, 0.25) is 0 Å². The number of benzene rings is 1. The predicted molar refractivity (Wildman–Crippen MR) is 153 cm³/mol. The second-order valence-electron chi connectivity index (χ2n) is 9.68. The monoisotopic (exact) mass is 574 g/mol. The van der Waals surface area contributed by atoms with Gasteiger partial charge in [0.25, 0.3) is 0 Å². The summed E-state index contributed by atoms with van der Waals surface area (Å²) in [6.45, 7) is 12.3. The van der Waals surface area contributed by atoms with Crippen LogP contribution in [0.3, 0.4) is 0 Å². The molecule has 0 bridgehead atoms. The number of alkyl carbamates (subject to hydrolysis) is 1. The third-order valence-electron chi connectivity index (χ3n) is 5.72. The standard InChI is InChI=1S/C28H42N6O7/c1-17(2)31-22(13-9-10-14-30-28(40)41-16-21-11-7-6-8-12-21)26(37)33-19(4)24(35)32-20(5)25(36)34-23(27(38)39)15-18(3)29/h6-8,11-12,19-20,22-23,31H,1,3,9-10,13-16,29H2,2,4-5H3,(H,30,40)(H,32,35)(H,33,37)(H,34,36)(H,38,39). The molecular formula is C28H42N6O7. The van der Waals surface area contributed by atoms with Crippen LogP contribution >= 0.6 is 0 Å². The van der Waals surface area contributed by atoms with E-state index < -0.39 is 54.0 Å². The highest BCUT2D eigenvalue weighted by molar-refractivity contribution is 5.93. The third kappa shape index (κ3) is 14.4. The smallest absolute Gasteiger partial charge is 0.407 e. The molecule has 0 aromatic heterocycles. The molecule has 0 aliphatic rings. The molecule has 1 aromatic carbocycles. The number of carboxylic acid groups (broad SMARTS) is 1. The summed E-state index contributed by atoms with van der Waals surface area (Å²) in [6.07, 6.45) is 0.860. The summed E-state index contributed by atoms with van der Waals surface area (Å²) in [4.78, 5) is 61.0. The average molecular weight is 575 g/mol. The van der Waals surface area contributed by atoms with Crippen LogP contribution in [-0.2, 0) is 30.5 Å². The van der Waals surface area contributed by atoms with Gasteiger partial charge in [0.1, 0.15) is 30.8 Å². The van der Waals surface area contributed by atoms with Crippen LogP contribution in [0.25, 0.3) is 0 Å². The Morgan fingerprint density at radius 3 is 2.02 bits per heavy atom. The molecule has 13 nitrogen and oxygen atoms in total. The normalized spacial score (nSPS) is 13.3. The molecule has 1 aromatic rings. The van der Waals surface area contributed by atoms with E-state index in [1.807, 2.05) is 30.3 Å². The van der Waals surface area contributed by atoms with Crippen LogP contribution in [0.15, 0.2) is 54.9 Å². The number of nitrogens with two attached hydrogens (primary N) is 1. The van der Waals surface area contributed by atoms with Gasteiger partial charge in [-0.1, -0.05) is 43.5 Å². The molecule has 0 saturated heterocycles. The molecule has 0 aliphatic carbocycles. The molecule has 4 atom stereocenters. The molecular weight excluding hydrogens is 532 g/mol. The Morgan fingerprint density at radius 2 is 1.46 bits per heavy atom. The number of carboxylic acids is 1. The molecule has 0 spiro atoms. The maximum absolute atomic E-state index is 12.9. The lowest BCUT2D eigenvalue weighted by Gasteiger charge is -2.23. The van der Waals surface area contributed by atoms with E-state index in [9.17, 15) is 29.1 Å². The third-order valence-corrected chi connectivity index (χ3v) is 5.72. The summed E-state index contributed by atoms with van der Waals surface area (Å²) >= 11 is 0. The number of rotatable bonds is 18. The van der Waals surface area contributed by atoms with Crippen LogP contribution < -0.4 is 32.3 Å². The lowest BCUT2D eigenvalue weighted by Crippen LogP contribution is -2.55. The second kappa shape index (κ2) is 17.9. The molecule has 1 rings (SSSR count). The van der Waals surface area contributed by atoms with Crippen molar-refractivity contribution >= 4 is 29.8 Å². The lowest BCUT2D eigenvalue weighted by atomic mass is 10.1. The summed E-state index contributed by atoms with van der Waals surface area (Å²) in [7, 11) is 0. The van der Waals surface area contributed by atoms with Crippen LogP contribution in [-0.4, -0.2) is 65.6 Å². The van der Waals surface area contributed by atoms with E-state index in [0.29, 0.717) is 31.5 Å². The molecule has 4 unspecified atom stereocenters. The molecule has 0 saturated carbocycles. The van der Waals surface area contributed by atoms with Crippen LogP contribution in [0.1, 0.15) is 52.0 Å². The van der Waals surface area contributed by atoms with E-state index in [0.717, 1.165) is 5.56 Å². The summed E-state index contributed by atoms with van der Waals surface area (Å²) in [5.41, 5.74) is 6.96. The van der Waals surface area contributed by atoms with Crippen LogP contribution in [0.4, 0.5) is 4.79 Å². The average Bonchev–Trinajstić information content (AvgIpc) is 2.90. The first-order valence-corrected chi connectivity index (χ1v) is 13.2.